The van der Waals surface area contributed by atoms with E-state index in [2.05, 4.69) is 25.9 Å². The molecule has 1 aliphatic heterocycles. The van der Waals surface area contributed by atoms with E-state index in [4.69, 9.17) is 5.73 Å². The Hall–Kier alpha value is -2.03. The van der Waals surface area contributed by atoms with Gasteiger partial charge in [0.25, 0.3) is 11.7 Å². The van der Waals surface area contributed by atoms with E-state index in [9.17, 15) is 9.59 Å². The van der Waals surface area contributed by atoms with Crippen molar-refractivity contribution in [3.05, 3.63) is 5.82 Å². The highest BCUT2D eigenvalue weighted by atomic mass is 16.2. The molecule has 86 valence electrons. The number of nitrogens with two attached hydrogens (primary N) is 1. The second-order valence-corrected chi connectivity index (χ2v) is 3.36. The Morgan fingerprint density at radius 3 is 2.94 bits per heavy atom. The second-order valence-electron chi connectivity index (χ2n) is 3.36. The highest BCUT2D eigenvalue weighted by Crippen LogP contribution is 2.06. The molecule has 0 spiro atoms. The van der Waals surface area contributed by atoms with Gasteiger partial charge in [-0.25, -0.2) is 0 Å². The van der Waals surface area contributed by atoms with Crippen molar-refractivity contribution in [3.8, 4) is 0 Å². The molecule has 9 nitrogen and oxygen atoms in total. The number of hydrogen-bond acceptors (Lipinski definition) is 6. The number of amides is 2. The summed E-state index contributed by atoms with van der Waals surface area (Å²) in [5, 5.41) is 15.6. The molecule has 2 amide bonds. The van der Waals surface area contributed by atoms with Gasteiger partial charge in [0.05, 0.1) is 0 Å². The Morgan fingerprint density at radius 2 is 2.31 bits per heavy atom. The lowest BCUT2D eigenvalue weighted by Crippen LogP contribution is -2.58. The molecule has 1 aromatic heterocycles. The van der Waals surface area contributed by atoms with Gasteiger partial charge in [0, 0.05) is 19.6 Å². The standard InChI is InChI=1S/C7H11N7O2/c8-5(15)4-3-9-1-2-14(4)7(16)6-10-12-13-11-6/h4,9H,1-3H2,(H2,8,15)(H,10,11,12,13). The lowest BCUT2D eigenvalue weighted by atomic mass is 10.2. The molecule has 1 aromatic rings. The van der Waals surface area contributed by atoms with Crippen LogP contribution in [0.25, 0.3) is 0 Å². The van der Waals surface area contributed by atoms with Crippen LogP contribution in [0.15, 0.2) is 0 Å². The summed E-state index contributed by atoms with van der Waals surface area (Å²) in [6, 6.07) is -0.667. The van der Waals surface area contributed by atoms with Crippen molar-refractivity contribution in [3.63, 3.8) is 0 Å². The molecule has 4 N–H and O–H groups in total. The molecular formula is C7H11N7O2. The van der Waals surface area contributed by atoms with Gasteiger partial charge >= 0.3 is 0 Å². The minimum absolute atomic E-state index is 0.0619. The van der Waals surface area contributed by atoms with Crippen LogP contribution in [0.5, 0.6) is 0 Å². The van der Waals surface area contributed by atoms with Gasteiger partial charge in [0.2, 0.25) is 5.91 Å². The van der Waals surface area contributed by atoms with E-state index in [1.54, 1.807) is 0 Å². The van der Waals surface area contributed by atoms with Gasteiger partial charge in [-0.1, -0.05) is 0 Å². The van der Waals surface area contributed by atoms with E-state index in [1.165, 1.54) is 4.90 Å². The number of carbonyl (C=O) groups is 2. The maximum Gasteiger partial charge on any atom is 0.296 e. The fourth-order valence-electron chi connectivity index (χ4n) is 1.58. The van der Waals surface area contributed by atoms with E-state index in [-0.39, 0.29) is 5.82 Å². The zero-order valence-electron chi connectivity index (χ0n) is 8.38. The lowest BCUT2D eigenvalue weighted by molar-refractivity contribution is -0.122. The largest absolute Gasteiger partial charge is 0.368 e. The summed E-state index contributed by atoms with van der Waals surface area (Å²) in [7, 11) is 0. The van der Waals surface area contributed by atoms with Crippen LogP contribution in [0.1, 0.15) is 10.6 Å². The molecule has 16 heavy (non-hydrogen) atoms. The van der Waals surface area contributed by atoms with E-state index in [0.717, 1.165) is 0 Å². The number of hydrogen-bond donors (Lipinski definition) is 3. The molecule has 0 radical (unpaired) electrons. The highest BCUT2D eigenvalue weighted by molar-refractivity contribution is 5.94. The third kappa shape index (κ3) is 1.84. The van der Waals surface area contributed by atoms with Crippen molar-refractivity contribution in [1.82, 2.24) is 30.8 Å². The molecular weight excluding hydrogens is 214 g/mol. The quantitative estimate of drug-likeness (QED) is 0.495. The average molecular weight is 225 g/mol. The smallest absolute Gasteiger partial charge is 0.296 e. The minimum Gasteiger partial charge on any atom is -0.368 e. The van der Waals surface area contributed by atoms with Gasteiger partial charge < -0.3 is 16.0 Å². The number of tetrazole rings is 1. The number of rotatable bonds is 2. The Kier molecular flexibility index (Phi) is 2.77. The molecule has 0 aliphatic carbocycles. The molecule has 1 atom stereocenters. The monoisotopic (exact) mass is 225 g/mol. The zero-order chi connectivity index (χ0) is 11.5. The summed E-state index contributed by atoms with van der Waals surface area (Å²) < 4.78 is 0. The maximum absolute atomic E-state index is 11.9. The van der Waals surface area contributed by atoms with Gasteiger partial charge in [-0.2, -0.15) is 5.21 Å². The first-order chi connectivity index (χ1) is 7.70. The number of nitrogens with zero attached hydrogens (tertiary/aromatic N) is 4. The molecule has 1 aliphatic rings. The third-order valence-electron chi connectivity index (χ3n) is 2.37. The Labute approximate surface area is 90.4 Å². The predicted octanol–water partition coefficient (Wildman–Crippen LogP) is -2.90. The number of carbonyl (C=O) groups excluding carboxylic acids is 2. The van der Waals surface area contributed by atoms with Crippen LogP contribution in [0.2, 0.25) is 0 Å². The van der Waals surface area contributed by atoms with E-state index < -0.39 is 17.9 Å². The summed E-state index contributed by atoms with van der Waals surface area (Å²) in [6.45, 7) is 1.34. The molecule has 1 fully saturated rings. The Morgan fingerprint density at radius 1 is 1.50 bits per heavy atom. The molecule has 0 saturated carbocycles. The predicted molar refractivity (Wildman–Crippen MR) is 51.1 cm³/mol. The number of aromatic amines is 1. The normalized spacial score (nSPS) is 20.8. The van der Waals surface area contributed by atoms with Crippen LogP contribution < -0.4 is 11.1 Å². The van der Waals surface area contributed by atoms with E-state index >= 15 is 0 Å². The lowest BCUT2D eigenvalue weighted by Gasteiger charge is -2.33. The van der Waals surface area contributed by atoms with Crippen LogP contribution in [0, 0.1) is 0 Å². The van der Waals surface area contributed by atoms with Crippen LogP contribution >= 0.6 is 0 Å². The van der Waals surface area contributed by atoms with Crippen LogP contribution in [-0.4, -0.2) is 63.0 Å². The Bertz CT molecular complexity index is 389. The van der Waals surface area contributed by atoms with Gasteiger partial charge in [0.1, 0.15) is 6.04 Å². The molecule has 0 bridgehead atoms. The summed E-state index contributed by atoms with van der Waals surface area (Å²) in [6.07, 6.45) is 0. The fourth-order valence-corrected chi connectivity index (χ4v) is 1.58. The molecule has 0 aromatic carbocycles. The summed E-state index contributed by atoms with van der Waals surface area (Å²) in [5.74, 6) is -1.06. The number of nitrogens with one attached hydrogen (secondary N) is 2. The number of aromatic nitrogens is 4. The van der Waals surface area contributed by atoms with Crippen molar-refractivity contribution >= 4 is 11.8 Å². The van der Waals surface area contributed by atoms with E-state index in [0.29, 0.717) is 19.6 Å². The summed E-state index contributed by atoms with van der Waals surface area (Å²) in [5.41, 5.74) is 5.21. The molecule has 9 heteroatoms. The van der Waals surface area contributed by atoms with Gasteiger partial charge in [-0.05, 0) is 5.21 Å². The van der Waals surface area contributed by atoms with Crippen molar-refractivity contribution in [2.24, 2.45) is 5.73 Å². The molecule has 1 saturated heterocycles. The number of primary amides is 1. The van der Waals surface area contributed by atoms with Gasteiger partial charge in [-0.15, -0.1) is 10.2 Å². The van der Waals surface area contributed by atoms with E-state index in [1.807, 2.05) is 0 Å². The number of H-pyrrole nitrogens is 1. The first-order valence-corrected chi connectivity index (χ1v) is 4.74. The summed E-state index contributed by atoms with van der Waals surface area (Å²) >= 11 is 0. The topological polar surface area (TPSA) is 130 Å². The van der Waals surface area contributed by atoms with Crippen molar-refractivity contribution < 1.29 is 9.59 Å². The average Bonchev–Trinajstić information content (AvgIpc) is 2.81. The first kappa shape index (κ1) is 10.5. The minimum atomic E-state index is -0.667. The summed E-state index contributed by atoms with van der Waals surface area (Å²) in [4.78, 5) is 24.4. The third-order valence-corrected chi connectivity index (χ3v) is 2.37. The molecule has 2 rings (SSSR count). The Balaban J connectivity index is 2.17. The van der Waals surface area contributed by atoms with Crippen LogP contribution in [0.4, 0.5) is 0 Å². The molecule has 1 unspecified atom stereocenters. The SMILES string of the molecule is NC(=O)C1CNCCN1C(=O)c1nn[nH]n1. The first-order valence-electron chi connectivity index (χ1n) is 4.74. The second kappa shape index (κ2) is 4.23. The van der Waals surface area contributed by atoms with Crippen LogP contribution in [0.3, 0.4) is 0 Å². The van der Waals surface area contributed by atoms with Gasteiger partial charge in [0.15, 0.2) is 0 Å². The molecule has 2 heterocycles. The van der Waals surface area contributed by atoms with Gasteiger partial charge in [-0.3, -0.25) is 9.59 Å². The van der Waals surface area contributed by atoms with Crippen LogP contribution in [-0.2, 0) is 4.79 Å². The van der Waals surface area contributed by atoms with Crippen molar-refractivity contribution in [2.75, 3.05) is 19.6 Å². The fraction of sp³-hybridized carbons (Fsp3) is 0.571. The van der Waals surface area contributed by atoms with Crippen molar-refractivity contribution in [2.45, 2.75) is 6.04 Å². The highest BCUT2D eigenvalue weighted by Gasteiger charge is 2.32. The number of piperazine rings is 1. The zero-order valence-corrected chi connectivity index (χ0v) is 8.38. The maximum atomic E-state index is 11.9. The van der Waals surface area contributed by atoms with Crippen molar-refractivity contribution in [1.29, 1.82) is 0 Å².